The molecule has 1 atom stereocenters. The molecule has 21 heavy (non-hydrogen) atoms. The van der Waals surface area contributed by atoms with Crippen LogP contribution in [0.4, 0.5) is 20.2 Å². The Bertz CT molecular complexity index is 617. The third kappa shape index (κ3) is 3.98. The quantitative estimate of drug-likeness (QED) is 0.624. The monoisotopic (exact) mass is 312 g/mol. The van der Waals surface area contributed by atoms with Crippen LogP contribution in [0, 0.1) is 10.1 Å². The summed E-state index contributed by atoms with van der Waals surface area (Å²) < 4.78 is 26.1. The van der Waals surface area contributed by atoms with E-state index >= 15 is 0 Å². The zero-order chi connectivity index (χ0) is 15.4. The second-order valence-electron chi connectivity index (χ2n) is 4.66. The van der Waals surface area contributed by atoms with Gasteiger partial charge in [-0.3, -0.25) is 10.1 Å². The third-order valence-corrected chi connectivity index (χ3v) is 3.87. The van der Waals surface area contributed by atoms with Crippen molar-refractivity contribution in [3.8, 4) is 0 Å². The van der Waals surface area contributed by atoms with Crippen LogP contribution in [0.15, 0.2) is 35.7 Å². The number of nitrogens with zero attached hydrogens (tertiary/aromatic N) is 1. The molecule has 1 unspecified atom stereocenters. The van der Waals surface area contributed by atoms with Crippen molar-refractivity contribution in [3.63, 3.8) is 0 Å². The Morgan fingerprint density at radius 1 is 1.38 bits per heavy atom. The Morgan fingerprint density at radius 3 is 2.71 bits per heavy atom. The number of nitro benzene ring substituents is 1. The zero-order valence-corrected chi connectivity index (χ0v) is 12.1. The fraction of sp³-hybridized carbons (Fsp3) is 0.286. The Kier molecular flexibility index (Phi) is 4.85. The molecule has 1 aromatic heterocycles. The van der Waals surface area contributed by atoms with Crippen LogP contribution in [0.2, 0.25) is 0 Å². The SMILES string of the molecule is CC(Cc1cccs1)Nc1ccc([N+](=O)[O-])cc1C(F)F. The third-order valence-electron chi connectivity index (χ3n) is 2.97. The lowest BCUT2D eigenvalue weighted by Gasteiger charge is -2.17. The highest BCUT2D eigenvalue weighted by molar-refractivity contribution is 7.09. The van der Waals surface area contributed by atoms with Crippen molar-refractivity contribution in [2.45, 2.75) is 25.8 Å². The Balaban J connectivity index is 2.16. The van der Waals surface area contributed by atoms with Crippen molar-refractivity contribution in [1.29, 1.82) is 0 Å². The Morgan fingerprint density at radius 2 is 2.14 bits per heavy atom. The molecule has 1 N–H and O–H groups in total. The molecule has 112 valence electrons. The van der Waals surface area contributed by atoms with Gasteiger partial charge in [0.2, 0.25) is 0 Å². The van der Waals surface area contributed by atoms with E-state index in [4.69, 9.17) is 0 Å². The molecule has 2 rings (SSSR count). The van der Waals surface area contributed by atoms with E-state index in [9.17, 15) is 18.9 Å². The molecule has 1 aromatic carbocycles. The van der Waals surface area contributed by atoms with E-state index < -0.39 is 11.3 Å². The van der Waals surface area contributed by atoms with Gasteiger partial charge >= 0.3 is 0 Å². The van der Waals surface area contributed by atoms with E-state index in [1.807, 2.05) is 24.4 Å². The van der Waals surface area contributed by atoms with Gasteiger partial charge in [-0.15, -0.1) is 11.3 Å². The van der Waals surface area contributed by atoms with E-state index in [2.05, 4.69) is 5.32 Å². The van der Waals surface area contributed by atoms with Crippen LogP contribution in [0.1, 0.15) is 23.8 Å². The number of nitro groups is 1. The number of alkyl halides is 2. The highest BCUT2D eigenvalue weighted by atomic mass is 32.1. The highest BCUT2D eigenvalue weighted by Gasteiger charge is 2.19. The average Bonchev–Trinajstić information content (AvgIpc) is 2.91. The van der Waals surface area contributed by atoms with E-state index in [1.165, 1.54) is 12.1 Å². The molecule has 0 aliphatic heterocycles. The molecule has 0 aliphatic carbocycles. The molecular weight excluding hydrogens is 298 g/mol. The number of rotatable bonds is 6. The lowest BCUT2D eigenvalue weighted by Crippen LogP contribution is -2.18. The summed E-state index contributed by atoms with van der Waals surface area (Å²) in [6, 6.07) is 7.35. The first-order chi connectivity index (χ1) is 9.97. The summed E-state index contributed by atoms with van der Waals surface area (Å²) in [6.45, 7) is 1.89. The van der Waals surface area contributed by atoms with Gasteiger partial charge in [0.05, 0.1) is 4.92 Å². The molecule has 0 spiro atoms. The fourth-order valence-corrected chi connectivity index (χ4v) is 2.86. The lowest BCUT2D eigenvalue weighted by atomic mass is 10.1. The maximum atomic E-state index is 13.0. The number of hydrogen-bond acceptors (Lipinski definition) is 4. The summed E-state index contributed by atoms with van der Waals surface area (Å²) in [4.78, 5) is 11.1. The smallest absolute Gasteiger partial charge is 0.270 e. The normalized spacial score (nSPS) is 12.4. The predicted octanol–water partition coefficient (Wildman–Crippen LogP) is 4.64. The highest BCUT2D eigenvalue weighted by Crippen LogP contribution is 2.31. The molecule has 0 saturated heterocycles. The van der Waals surface area contributed by atoms with Gasteiger partial charge in [-0.2, -0.15) is 0 Å². The van der Waals surface area contributed by atoms with E-state index in [-0.39, 0.29) is 23.0 Å². The molecule has 0 amide bonds. The summed E-state index contributed by atoms with van der Waals surface area (Å²) in [5, 5.41) is 15.6. The topological polar surface area (TPSA) is 55.2 Å². The average molecular weight is 312 g/mol. The molecular formula is C14H14F2N2O2S. The van der Waals surface area contributed by atoms with Gasteiger partial charge in [-0.05, 0) is 24.4 Å². The minimum Gasteiger partial charge on any atom is -0.382 e. The molecule has 2 aromatic rings. The second-order valence-corrected chi connectivity index (χ2v) is 5.69. The minimum absolute atomic E-state index is 0.0531. The number of benzene rings is 1. The Labute approximate surface area is 124 Å². The molecule has 0 aliphatic rings. The summed E-state index contributed by atoms with van der Waals surface area (Å²) in [5.74, 6) is 0. The number of non-ortho nitro benzene ring substituents is 1. The van der Waals surface area contributed by atoms with Crippen LogP contribution in [-0.4, -0.2) is 11.0 Å². The molecule has 4 nitrogen and oxygen atoms in total. The maximum Gasteiger partial charge on any atom is 0.270 e. The molecule has 7 heteroatoms. The molecule has 0 radical (unpaired) electrons. The summed E-state index contributed by atoms with van der Waals surface area (Å²) >= 11 is 1.60. The number of anilines is 1. The van der Waals surface area contributed by atoms with Crippen molar-refractivity contribution in [1.82, 2.24) is 0 Å². The summed E-state index contributed by atoms with van der Waals surface area (Å²) in [5.41, 5.74) is -0.441. The van der Waals surface area contributed by atoms with E-state index in [0.29, 0.717) is 6.42 Å². The van der Waals surface area contributed by atoms with Gasteiger partial charge < -0.3 is 5.32 Å². The molecule has 0 saturated carbocycles. The first-order valence-corrected chi connectivity index (χ1v) is 7.20. The van der Waals surface area contributed by atoms with Crippen molar-refractivity contribution in [2.24, 2.45) is 0 Å². The van der Waals surface area contributed by atoms with Crippen LogP contribution in [0.25, 0.3) is 0 Å². The van der Waals surface area contributed by atoms with Crippen LogP contribution < -0.4 is 5.32 Å². The Hall–Kier alpha value is -2.02. The minimum atomic E-state index is -2.76. The van der Waals surface area contributed by atoms with Gasteiger partial charge in [0.25, 0.3) is 12.1 Å². The van der Waals surface area contributed by atoms with Gasteiger partial charge in [0, 0.05) is 40.7 Å². The van der Waals surface area contributed by atoms with E-state index in [0.717, 1.165) is 10.9 Å². The van der Waals surface area contributed by atoms with Crippen LogP contribution >= 0.6 is 11.3 Å². The van der Waals surface area contributed by atoms with Gasteiger partial charge in [-0.1, -0.05) is 6.07 Å². The lowest BCUT2D eigenvalue weighted by molar-refractivity contribution is -0.385. The molecule has 1 heterocycles. The summed E-state index contributed by atoms with van der Waals surface area (Å²) in [7, 11) is 0. The molecule has 0 bridgehead atoms. The molecule has 0 fully saturated rings. The van der Waals surface area contributed by atoms with Gasteiger partial charge in [-0.25, -0.2) is 8.78 Å². The van der Waals surface area contributed by atoms with Crippen LogP contribution in [-0.2, 0) is 6.42 Å². The van der Waals surface area contributed by atoms with Crippen LogP contribution in [0.3, 0.4) is 0 Å². The predicted molar refractivity (Wildman–Crippen MR) is 79.2 cm³/mol. The first kappa shape index (κ1) is 15.4. The zero-order valence-electron chi connectivity index (χ0n) is 11.3. The maximum absolute atomic E-state index is 13.0. The first-order valence-electron chi connectivity index (χ1n) is 6.32. The number of hydrogen-bond donors (Lipinski definition) is 1. The van der Waals surface area contributed by atoms with Crippen molar-refractivity contribution >= 4 is 22.7 Å². The second kappa shape index (κ2) is 6.62. The number of thiophene rings is 1. The van der Waals surface area contributed by atoms with Gasteiger partial charge in [0.1, 0.15) is 0 Å². The van der Waals surface area contributed by atoms with Crippen molar-refractivity contribution in [3.05, 3.63) is 56.3 Å². The van der Waals surface area contributed by atoms with E-state index in [1.54, 1.807) is 11.3 Å². The van der Waals surface area contributed by atoms with Crippen LogP contribution in [0.5, 0.6) is 0 Å². The fourth-order valence-electron chi connectivity index (χ4n) is 2.02. The van der Waals surface area contributed by atoms with Crippen molar-refractivity contribution < 1.29 is 13.7 Å². The number of nitrogens with one attached hydrogen (secondary N) is 1. The van der Waals surface area contributed by atoms with Crippen molar-refractivity contribution in [2.75, 3.05) is 5.32 Å². The van der Waals surface area contributed by atoms with Gasteiger partial charge in [0.15, 0.2) is 0 Å². The standard InChI is InChI=1S/C14H14F2N2O2S/c1-9(7-11-3-2-6-21-11)17-13-5-4-10(18(19)20)8-12(13)14(15)16/h2-6,8-9,14,17H,7H2,1H3. The summed E-state index contributed by atoms with van der Waals surface area (Å²) in [6.07, 6.45) is -2.06. The number of halogens is 2. The largest absolute Gasteiger partial charge is 0.382 e.